The molecule has 0 radical (unpaired) electrons. The third-order valence-corrected chi connectivity index (χ3v) is 3.84. The van der Waals surface area contributed by atoms with Crippen LogP contribution < -0.4 is 9.47 Å². The van der Waals surface area contributed by atoms with Crippen molar-refractivity contribution in [1.82, 2.24) is 4.90 Å². The van der Waals surface area contributed by atoms with E-state index < -0.39 is 23.6 Å². The number of carboxylic acid groups (broad SMARTS) is 1. The van der Waals surface area contributed by atoms with Gasteiger partial charge in [0, 0.05) is 18.7 Å². The van der Waals surface area contributed by atoms with Crippen LogP contribution in [0, 0.1) is 11.7 Å². The molecule has 1 aromatic carbocycles. The number of rotatable bonds is 7. The van der Waals surface area contributed by atoms with Gasteiger partial charge in [0.25, 0.3) is 5.91 Å². The largest absolute Gasteiger partial charge is 0.493 e. The molecule has 2 rings (SSSR count). The topological polar surface area (TPSA) is 76.1 Å². The maximum atomic E-state index is 14.2. The first-order chi connectivity index (χ1) is 10.9. The zero-order chi connectivity index (χ0) is 17.1. The molecule has 23 heavy (non-hydrogen) atoms. The summed E-state index contributed by atoms with van der Waals surface area (Å²) < 4.78 is 24.3. The number of halogens is 1. The molecule has 0 heterocycles. The second-order valence-corrected chi connectivity index (χ2v) is 5.62. The third-order valence-electron chi connectivity index (χ3n) is 3.84. The van der Waals surface area contributed by atoms with Gasteiger partial charge in [-0.25, -0.2) is 4.39 Å². The first kappa shape index (κ1) is 17.1. The van der Waals surface area contributed by atoms with Crippen LogP contribution in [0.2, 0.25) is 0 Å². The Labute approximate surface area is 133 Å². The van der Waals surface area contributed by atoms with E-state index in [1.54, 1.807) is 0 Å². The van der Waals surface area contributed by atoms with Crippen molar-refractivity contribution in [1.29, 1.82) is 0 Å². The highest BCUT2D eigenvalue weighted by molar-refractivity contribution is 5.96. The van der Waals surface area contributed by atoms with E-state index in [9.17, 15) is 14.0 Å². The van der Waals surface area contributed by atoms with Crippen LogP contribution >= 0.6 is 0 Å². The number of carboxylic acids is 1. The summed E-state index contributed by atoms with van der Waals surface area (Å²) in [7, 11) is 2.78. The lowest BCUT2D eigenvalue weighted by atomic mass is 10.1. The first-order valence-corrected chi connectivity index (χ1v) is 7.34. The van der Waals surface area contributed by atoms with Crippen LogP contribution in [0.15, 0.2) is 12.1 Å². The average Bonchev–Trinajstić information content (AvgIpc) is 3.35. The van der Waals surface area contributed by atoms with Crippen molar-refractivity contribution in [3.8, 4) is 11.5 Å². The summed E-state index contributed by atoms with van der Waals surface area (Å²) in [5.41, 5.74) is -0.146. The van der Waals surface area contributed by atoms with Crippen LogP contribution in [0.25, 0.3) is 0 Å². The predicted octanol–water partition coefficient (Wildman–Crippen LogP) is 2.17. The van der Waals surface area contributed by atoms with E-state index in [0.717, 1.165) is 18.9 Å². The number of aliphatic carboxylic acids is 1. The lowest BCUT2D eigenvalue weighted by Crippen LogP contribution is -2.39. The molecule has 1 unspecified atom stereocenters. The molecule has 1 saturated carbocycles. The van der Waals surface area contributed by atoms with Crippen LogP contribution in [0.4, 0.5) is 4.39 Å². The Bertz CT molecular complexity index is 615. The molecule has 1 atom stereocenters. The summed E-state index contributed by atoms with van der Waals surface area (Å²) in [4.78, 5) is 25.1. The van der Waals surface area contributed by atoms with Crippen molar-refractivity contribution in [2.75, 3.05) is 20.8 Å². The fraction of sp³-hybridized carbons (Fsp3) is 0.500. The minimum absolute atomic E-state index is 0.0307. The molecule has 1 fully saturated rings. The Kier molecular flexibility index (Phi) is 5.08. The van der Waals surface area contributed by atoms with E-state index >= 15 is 0 Å². The highest BCUT2D eigenvalue weighted by atomic mass is 19.1. The number of benzene rings is 1. The van der Waals surface area contributed by atoms with Crippen molar-refractivity contribution in [2.45, 2.75) is 25.8 Å². The average molecular weight is 325 g/mol. The minimum atomic E-state index is -0.990. The molecular formula is C16H20FNO5. The van der Waals surface area contributed by atoms with E-state index in [2.05, 4.69) is 0 Å². The zero-order valence-electron chi connectivity index (χ0n) is 13.3. The molecule has 0 aromatic heterocycles. The normalized spacial score (nSPS) is 15.0. The van der Waals surface area contributed by atoms with E-state index in [1.165, 1.54) is 32.1 Å². The van der Waals surface area contributed by atoms with Gasteiger partial charge in [-0.1, -0.05) is 6.92 Å². The fourth-order valence-corrected chi connectivity index (χ4v) is 2.33. The Balaban J connectivity index is 2.31. The molecule has 6 nitrogen and oxygen atoms in total. The summed E-state index contributed by atoms with van der Waals surface area (Å²) in [6, 6.07) is 2.35. The van der Waals surface area contributed by atoms with Crippen LogP contribution in [0.1, 0.15) is 30.1 Å². The Morgan fingerprint density at radius 2 is 1.87 bits per heavy atom. The summed E-state index contributed by atoms with van der Waals surface area (Å²) in [5, 5.41) is 9.04. The van der Waals surface area contributed by atoms with Crippen molar-refractivity contribution < 1.29 is 28.6 Å². The lowest BCUT2D eigenvalue weighted by molar-refractivity contribution is -0.141. The zero-order valence-corrected chi connectivity index (χ0v) is 13.3. The van der Waals surface area contributed by atoms with Gasteiger partial charge in [-0.05, 0) is 18.9 Å². The van der Waals surface area contributed by atoms with E-state index in [0.29, 0.717) is 0 Å². The Hall–Kier alpha value is -2.31. The number of ether oxygens (including phenoxy) is 2. The number of carbonyl (C=O) groups is 2. The summed E-state index contributed by atoms with van der Waals surface area (Å²) >= 11 is 0. The van der Waals surface area contributed by atoms with Crippen molar-refractivity contribution in [3.05, 3.63) is 23.5 Å². The molecule has 1 amide bonds. The summed E-state index contributed by atoms with van der Waals surface area (Å²) in [6.07, 6.45) is 1.60. The highest BCUT2D eigenvalue weighted by Gasteiger charge is 2.36. The number of methoxy groups -OCH3 is 2. The molecule has 0 bridgehead atoms. The standard InChI is InChI=1S/C16H20FNO5/c1-9(16(20)21)8-18(10-4-5-10)15(19)11-6-13(22-2)14(23-3)7-12(11)17/h6-7,9-10H,4-5,8H2,1-3H3,(H,20,21). The fourth-order valence-electron chi connectivity index (χ4n) is 2.33. The number of hydrogen-bond donors (Lipinski definition) is 1. The molecule has 1 aliphatic carbocycles. The molecule has 0 aliphatic heterocycles. The predicted molar refractivity (Wildman–Crippen MR) is 80.4 cm³/mol. The first-order valence-electron chi connectivity index (χ1n) is 7.34. The van der Waals surface area contributed by atoms with Gasteiger partial charge in [0.05, 0.1) is 25.7 Å². The highest BCUT2D eigenvalue weighted by Crippen LogP contribution is 2.33. The van der Waals surface area contributed by atoms with E-state index in [-0.39, 0.29) is 29.6 Å². The van der Waals surface area contributed by atoms with Crippen molar-refractivity contribution >= 4 is 11.9 Å². The Morgan fingerprint density at radius 3 is 2.35 bits per heavy atom. The molecule has 126 valence electrons. The number of amides is 1. The van der Waals surface area contributed by atoms with E-state index in [1.807, 2.05) is 0 Å². The maximum absolute atomic E-state index is 14.2. The van der Waals surface area contributed by atoms with Gasteiger partial charge in [0.1, 0.15) is 5.82 Å². The molecule has 0 saturated heterocycles. The van der Waals surface area contributed by atoms with Gasteiger partial charge in [-0.3, -0.25) is 9.59 Å². The van der Waals surface area contributed by atoms with Gasteiger partial charge in [-0.2, -0.15) is 0 Å². The van der Waals surface area contributed by atoms with Crippen LogP contribution in [0.5, 0.6) is 11.5 Å². The van der Waals surface area contributed by atoms with E-state index in [4.69, 9.17) is 14.6 Å². The van der Waals surface area contributed by atoms with Gasteiger partial charge in [0.15, 0.2) is 11.5 Å². The van der Waals surface area contributed by atoms with Crippen molar-refractivity contribution in [2.24, 2.45) is 5.92 Å². The third kappa shape index (κ3) is 3.72. The van der Waals surface area contributed by atoms with Crippen molar-refractivity contribution in [3.63, 3.8) is 0 Å². The van der Waals surface area contributed by atoms with Crippen LogP contribution in [0.3, 0.4) is 0 Å². The second kappa shape index (κ2) is 6.85. The van der Waals surface area contributed by atoms with Crippen LogP contribution in [-0.4, -0.2) is 48.7 Å². The maximum Gasteiger partial charge on any atom is 0.308 e. The summed E-state index contributed by atoms with van der Waals surface area (Å²) in [6.45, 7) is 1.57. The van der Waals surface area contributed by atoms with Gasteiger partial charge in [0.2, 0.25) is 0 Å². The number of nitrogens with zero attached hydrogens (tertiary/aromatic N) is 1. The molecule has 0 spiro atoms. The Morgan fingerprint density at radius 1 is 1.30 bits per heavy atom. The lowest BCUT2D eigenvalue weighted by Gasteiger charge is -2.25. The van der Waals surface area contributed by atoms with Crippen LogP contribution in [-0.2, 0) is 4.79 Å². The summed E-state index contributed by atoms with van der Waals surface area (Å²) in [5.74, 6) is -2.52. The smallest absolute Gasteiger partial charge is 0.308 e. The molecule has 1 aliphatic rings. The van der Waals surface area contributed by atoms with Gasteiger partial charge < -0.3 is 19.5 Å². The molecule has 1 aromatic rings. The minimum Gasteiger partial charge on any atom is -0.493 e. The molecule has 7 heteroatoms. The molecular weight excluding hydrogens is 305 g/mol. The molecule has 1 N–H and O–H groups in total. The quantitative estimate of drug-likeness (QED) is 0.831. The van der Waals surface area contributed by atoms with Gasteiger partial charge >= 0.3 is 5.97 Å². The number of hydrogen-bond acceptors (Lipinski definition) is 4. The van der Waals surface area contributed by atoms with Gasteiger partial charge in [-0.15, -0.1) is 0 Å². The second-order valence-electron chi connectivity index (χ2n) is 5.62. The monoisotopic (exact) mass is 325 g/mol. The SMILES string of the molecule is COc1cc(F)c(C(=O)N(CC(C)C(=O)O)C2CC2)cc1OC. The number of carbonyl (C=O) groups excluding carboxylic acids is 1.